The van der Waals surface area contributed by atoms with Crippen LogP contribution in [0.5, 0.6) is 0 Å². The second kappa shape index (κ2) is 8.53. The molecule has 0 amide bonds. The van der Waals surface area contributed by atoms with Crippen LogP contribution < -0.4 is 0 Å². The number of sulfonamides is 1. The zero-order chi connectivity index (χ0) is 22.1. The summed E-state index contributed by atoms with van der Waals surface area (Å²) < 4.78 is 33.4. The lowest BCUT2D eigenvalue weighted by Crippen LogP contribution is -2.48. The summed E-state index contributed by atoms with van der Waals surface area (Å²) >= 11 is 0. The van der Waals surface area contributed by atoms with Crippen molar-refractivity contribution in [3.63, 3.8) is 0 Å². The van der Waals surface area contributed by atoms with Crippen LogP contribution in [0.4, 0.5) is 0 Å². The Morgan fingerprint density at radius 2 is 1.55 bits per heavy atom. The number of nitrogens with zero attached hydrogens (tertiary/aromatic N) is 4. The van der Waals surface area contributed by atoms with E-state index in [1.807, 2.05) is 42.5 Å². The molecule has 8 heteroatoms. The molecule has 0 spiro atoms. The molecule has 1 fully saturated rings. The molecule has 0 bridgehead atoms. The van der Waals surface area contributed by atoms with E-state index in [2.05, 4.69) is 35.9 Å². The minimum Gasteiger partial charge on any atom is -0.419 e. The Morgan fingerprint density at radius 3 is 2.16 bits per heavy atom. The van der Waals surface area contributed by atoms with E-state index in [-0.39, 0.29) is 5.41 Å². The number of rotatable bonds is 5. The highest BCUT2D eigenvalue weighted by Crippen LogP contribution is 2.25. The lowest BCUT2D eigenvalue weighted by molar-refractivity contribution is 0.168. The first-order valence-electron chi connectivity index (χ1n) is 10.4. The number of hydrogen-bond donors (Lipinski definition) is 0. The van der Waals surface area contributed by atoms with Gasteiger partial charge in [-0.2, -0.15) is 4.31 Å². The molecule has 2 heterocycles. The van der Waals surface area contributed by atoms with E-state index >= 15 is 0 Å². The fourth-order valence-corrected chi connectivity index (χ4v) is 5.03. The lowest BCUT2D eigenvalue weighted by Gasteiger charge is -2.33. The Morgan fingerprint density at radius 1 is 0.903 bits per heavy atom. The van der Waals surface area contributed by atoms with E-state index in [1.54, 1.807) is 16.4 Å². The number of benzene rings is 2. The summed E-state index contributed by atoms with van der Waals surface area (Å²) in [7, 11) is -3.50. The van der Waals surface area contributed by atoms with Gasteiger partial charge in [0.05, 0.1) is 11.4 Å². The van der Waals surface area contributed by atoms with Gasteiger partial charge < -0.3 is 4.42 Å². The molecule has 164 valence electrons. The van der Waals surface area contributed by atoms with Crippen molar-refractivity contribution in [3.8, 4) is 11.5 Å². The van der Waals surface area contributed by atoms with Gasteiger partial charge in [0.15, 0.2) is 0 Å². The van der Waals surface area contributed by atoms with Gasteiger partial charge in [0, 0.05) is 31.7 Å². The van der Waals surface area contributed by atoms with Gasteiger partial charge in [-0.1, -0.05) is 51.1 Å². The second-order valence-electron chi connectivity index (χ2n) is 8.82. The zero-order valence-electron chi connectivity index (χ0n) is 18.2. The molecule has 4 rings (SSSR count). The average molecular weight is 441 g/mol. The quantitative estimate of drug-likeness (QED) is 0.604. The van der Waals surface area contributed by atoms with E-state index in [0.29, 0.717) is 49.4 Å². The molecule has 1 aliphatic heterocycles. The summed E-state index contributed by atoms with van der Waals surface area (Å²) in [6.45, 7) is 8.94. The van der Waals surface area contributed by atoms with Gasteiger partial charge in [0.1, 0.15) is 0 Å². The maximum Gasteiger partial charge on any atom is 0.247 e. The van der Waals surface area contributed by atoms with Crippen molar-refractivity contribution >= 4 is 10.0 Å². The third-order valence-corrected chi connectivity index (χ3v) is 7.45. The van der Waals surface area contributed by atoms with Crippen LogP contribution in [-0.2, 0) is 22.0 Å². The predicted octanol–water partition coefficient (Wildman–Crippen LogP) is 3.54. The number of hydrogen-bond acceptors (Lipinski definition) is 6. The Kier molecular flexibility index (Phi) is 5.96. The molecule has 1 aliphatic rings. The van der Waals surface area contributed by atoms with Gasteiger partial charge in [-0.3, -0.25) is 4.90 Å². The van der Waals surface area contributed by atoms with E-state index in [4.69, 9.17) is 4.42 Å². The summed E-state index contributed by atoms with van der Waals surface area (Å²) in [5.74, 6) is 1.03. The molecule has 0 aliphatic carbocycles. The number of aromatic nitrogens is 2. The van der Waals surface area contributed by atoms with Crippen molar-refractivity contribution in [1.82, 2.24) is 19.4 Å². The Hall–Kier alpha value is -2.55. The van der Waals surface area contributed by atoms with Crippen molar-refractivity contribution in [2.24, 2.45) is 0 Å². The van der Waals surface area contributed by atoms with E-state index in [0.717, 1.165) is 11.1 Å². The summed E-state index contributed by atoms with van der Waals surface area (Å²) in [6.07, 6.45) is 0. The minimum absolute atomic E-state index is 0.0109. The van der Waals surface area contributed by atoms with Gasteiger partial charge in [-0.25, -0.2) is 8.42 Å². The number of piperazine rings is 1. The van der Waals surface area contributed by atoms with E-state index in [1.165, 1.54) is 0 Å². The summed E-state index contributed by atoms with van der Waals surface area (Å²) in [4.78, 5) is 2.48. The molecule has 2 aromatic carbocycles. The molecule has 0 atom stereocenters. The predicted molar refractivity (Wildman–Crippen MR) is 119 cm³/mol. The third-order valence-electron chi connectivity index (χ3n) is 5.54. The molecule has 0 saturated carbocycles. The van der Waals surface area contributed by atoms with E-state index < -0.39 is 10.0 Å². The largest absolute Gasteiger partial charge is 0.419 e. The van der Waals surface area contributed by atoms with Crippen LogP contribution in [0, 0.1) is 0 Å². The summed E-state index contributed by atoms with van der Waals surface area (Å²) in [6, 6.07) is 16.9. The van der Waals surface area contributed by atoms with Crippen LogP contribution in [0.2, 0.25) is 0 Å². The third kappa shape index (κ3) is 4.87. The first kappa shape index (κ1) is 21.7. The van der Waals surface area contributed by atoms with Crippen LogP contribution in [-0.4, -0.2) is 54.0 Å². The molecule has 31 heavy (non-hydrogen) atoms. The zero-order valence-corrected chi connectivity index (χ0v) is 19.0. The molecular formula is C23H28N4O3S. The van der Waals surface area contributed by atoms with Crippen molar-refractivity contribution < 1.29 is 12.8 Å². The molecule has 0 N–H and O–H groups in total. The standard InChI is InChI=1S/C23H28N4O3S/c1-23(2,3)19-9-11-20(12-10-19)31(28,29)27-15-13-26(14-16-27)17-21-24-25-22(30-21)18-7-5-4-6-8-18/h4-12H,13-17H2,1-3H3. The molecule has 0 radical (unpaired) electrons. The fourth-order valence-electron chi connectivity index (χ4n) is 3.61. The summed E-state index contributed by atoms with van der Waals surface area (Å²) in [5.41, 5.74) is 1.99. The highest BCUT2D eigenvalue weighted by atomic mass is 32.2. The highest BCUT2D eigenvalue weighted by Gasteiger charge is 2.29. The molecule has 1 saturated heterocycles. The molecule has 1 aromatic heterocycles. The normalized spacial score (nSPS) is 16.5. The van der Waals surface area contributed by atoms with Gasteiger partial charge >= 0.3 is 0 Å². The molecule has 3 aromatic rings. The van der Waals surface area contributed by atoms with Crippen molar-refractivity contribution in [1.29, 1.82) is 0 Å². The average Bonchev–Trinajstić information content (AvgIpc) is 3.23. The first-order valence-corrected chi connectivity index (χ1v) is 11.9. The van der Waals surface area contributed by atoms with Crippen molar-refractivity contribution in [3.05, 3.63) is 66.1 Å². The Bertz CT molecular complexity index is 1110. The van der Waals surface area contributed by atoms with Gasteiger partial charge in [0.25, 0.3) is 0 Å². The van der Waals surface area contributed by atoms with Crippen molar-refractivity contribution in [2.45, 2.75) is 37.6 Å². The minimum atomic E-state index is -3.50. The maximum atomic E-state index is 13.0. The van der Waals surface area contributed by atoms with Crippen molar-refractivity contribution in [2.75, 3.05) is 26.2 Å². The highest BCUT2D eigenvalue weighted by molar-refractivity contribution is 7.89. The van der Waals surface area contributed by atoms with Gasteiger partial charge in [0.2, 0.25) is 21.8 Å². The topological polar surface area (TPSA) is 79.5 Å². The Labute approximate surface area is 183 Å². The lowest BCUT2D eigenvalue weighted by atomic mass is 9.87. The molecule has 7 nitrogen and oxygen atoms in total. The monoisotopic (exact) mass is 440 g/mol. The second-order valence-corrected chi connectivity index (χ2v) is 10.8. The first-order chi connectivity index (χ1) is 14.7. The fraction of sp³-hybridized carbons (Fsp3) is 0.391. The molecular weight excluding hydrogens is 412 g/mol. The van der Waals surface area contributed by atoms with Crippen LogP contribution >= 0.6 is 0 Å². The van der Waals surface area contributed by atoms with E-state index in [9.17, 15) is 8.42 Å². The van der Waals surface area contributed by atoms with Crippen LogP contribution in [0.25, 0.3) is 11.5 Å². The van der Waals surface area contributed by atoms with Gasteiger partial charge in [-0.05, 0) is 35.2 Å². The molecule has 0 unspecified atom stereocenters. The SMILES string of the molecule is CC(C)(C)c1ccc(S(=O)(=O)N2CCN(Cc3nnc(-c4ccccc4)o3)CC2)cc1. The summed E-state index contributed by atoms with van der Waals surface area (Å²) in [5, 5.41) is 8.26. The van der Waals surface area contributed by atoms with Crippen LogP contribution in [0.3, 0.4) is 0 Å². The Balaban J connectivity index is 1.37. The van der Waals surface area contributed by atoms with Gasteiger partial charge in [-0.15, -0.1) is 10.2 Å². The smallest absolute Gasteiger partial charge is 0.247 e. The van der Waals surface area contributed by atoms with Crippen LogP contribution in [0.15, 0.2) is 63.9 Å². The maximum absolute atomic E-state index is 13.0. The van der Waals surface area contributed by atoms with Crippen LogP contribution in [0.1, 0.15) is 32.2 Å².